The molecule has 88 valence electrons. The molecule has 4 N–H and O–H groups in total. The first kappa shape index (κ1) is 16.8. The number of thiol groups is 1. The summed E-state index contributed by atoms with van der Waals surface area (Å²) in [5.41, 5.74) is 12.1. The number of benzene rings is 1. The van der Waals surface area contributed by atoms with E-state index in [1.165, 1.54) is 0 Å². The molecule has 0 atom stereocenters. The van der Waals surface area contributed by atoms with E-state index >= 15 is 0 Å². The predicted molar refractivity (Wildman–Crippen MR) is 77.5 cm³/mol. The van der Waals surface area contributed by atoms with Crippen molar-refractivity contribution >= 4 is 18.3 Å². The van der Waals surface area contributed by atoms with Gasteiger partial charge in [-0.1, -0.05) is 12.7 Å². The topological polar surface area (TPSA) is 52.0 Å². The van der Waals surface area contributed by atoms with Gasteiger partial charge >= 0.3 is 0 Å². The fourth-order valence-corrected chi connectivity index (χ4v) is 0.741. The van der Waals surface area contributed by atoms with Gasteiger partial charge in [-0.3, -0.25) is 0 Å². The van der Waals surface area contributed by atoms with Crippen molar-refractivity contribution < 1.29 is 0 Å². The lowest BCUT2D eigenvalue weighted by atomic mass is 10.3. The van der Waals surface area contributed by atoms with Crippen molar-refractivity contribution in [3.05, 3.63) is 61.9 Å². The Morgan fingerprint density at radius 1 is 1.25 bits per heavy atom. The summed E-state index contributed by atoms with van der Waals surface area (Å²) in [6.07, 6.45) is 3.41. The maximum absolute atomic E-state index is 5.39. The molecule has 0 fully saturated rings. The second-order valence-electron chi connectivity index (χ2n) is 2.58. The van der Waals surface area contributed by atoms with Crippen LogP contribution in [0.15, 0.2) is 66.7 Å². The van der Waals surface area contributed by atoms with Crippen molar-refractivity contribution in [3.63, 3.8) is 0 Å². The summed E-state index contributed by atoms with van der Waals surface area (Å²) >= 11 is 4.08. The molecule has 16 heavy (non-hydrogen) atoms. The van der Waals surface area contributed by atoms with Crippen molar-refractivity contribution in [1.29, 1.82) is 0 Å². The van der Waals surface area contributed by atoms with Gasteiger partial charge in [0.2, 0.25) is 0 Å². The van der Waals surface area contributed by atoms with Gasteiger partial charge in [0.15, 0.2) is 0 Å². The lowest BCUT2D eigenvalue weighted by Gasteiger charge is -1.89. The molecule has 0 amide bonds. The Hall–Kier alpha value is -1.61. The van der Waals surface area contributed by atoms with Gasteiger partial charge in [-0.2, -0.15) is 0 Å². The van der Waals surface area contributed by atoms with E-state index in [9.17, 15) is 0 Å². The van der Waals surface area contributed by atoms with Crippen LogP contribution < -0.4 is 11.5 Å². The third-order valence-electron chi connectivity index (χ3n) is 1.46. The minimum absolute atomic E-state index is 0.731. The molecule has 3 heteroatoms. The molecule has 0 saturated carbocycles. The average molecular weight is 236 g/mol. The van der Waals surface area contributed by atoms with E-state index in [1.807, 2.05) is 31.2 Å². The minimum atomic E-state index is 0.731. The Morgan fingerprint density at radius 3 is 1.88 bits per heavy atom. The standard InChI is InChI=1S/C6H7NS.C5H9N.C2H4/c7-5-1-3-6(8)4-2-5;1-3-5(6)4-2;1-2/h1-4,8H,7H2;3-4H,1,6H2,2H3;1-2H2/b;5-4+;. The van der Waals surface area contributed by atoms with Gasteiger partial charge < -0.3 is 11.5 Å². The van der Waals surface area contributed by atoms with Crippen LogP contribution in [0.25, 0.3) is 0 Å². The molecular weight excluding hydrogens is 216 g/mol. The minimum Gasteiger partial charge on any atom is -0.399 e. The largest absolute Gasteiger partial charge is 0.399 e. The van der Waals surface area contributed by atoms with Crippen LogP contribution in [0.3, 0.4) is 0 Å². The van der Waals surface area contributed by atoms with Crippen LogP contribution in [0.4, 0.5) is 5.69 Å². The SMILES string of the molecule is C=C.C=C/C(N)=C\C.Nc1ccc(S)cc1. The number of rotatable bonds is 1. The summed E-state index contributed by atoms with van der Waals surface area (Å²) < 4.78 is 0. The van der Waals surface area contributed by atoms with E-state index in [0.717, 1.165) is 16.3 Å². The molecule has 0 aliphatic heterocycles. The smallest absolute Gasteiger partial charge is 0.0314 e. The monoisotopic (exact) mass is 236 g/mol. The lowest BCUT2D eigenvalue weighted by molar-refractivity contribution is 1.40. The molecule has 0 bridgehead atoms. The molecule has 0 radical (unpaired) electrons. The highest BCUT2D eigenvalue weighted by molar-refractivity contribution is 7.80. The van der Waals surface area contributed by atoms with Gasteiger partial charge in [-0.15, -0.1) is 25.8 Å². The van der Waals surface area contributed by atoms with Gasteiger partial charge in [0, 0.05) is 16.3 Å². The highest BCUT2D eigenvalue weighted by atomic mass is 32.1. The van der Waals surface area contributed by atoms with Crippen LogP contribution in [-0.4, -0.2) is 0 Å². The summed E-state index contributed by atoms with van der Waals surface area (Å²) in [5, 5.41) is 0. The van der Waals surface area contributed by atoms with Crippen molar-refractivity contribution in [2.75, 3.05) is 5.73 Å². The zero-order valence-electron chi connectivity index (χ0n) is 9.69. The lowest BCUT2D eigenvalue weighted by Crippen LogP contribution is -1.88. The van der Waals surface area contributed by atoms with Gasteiger partial charge in [-0.25, -0.2) is 0 Å². The maximum atomic E-state index is 5.39. The number of anilines is 1. The van der Waals surface area contributed by atoms with Crippen molar-refractivity contribution in [1.82, 2.24) is 0 Å². The van der Waals surface area contributed by atoms with Crippen molar-refractivity contribution in [2.24, 2.45) is 5.73 Å². The normalized spacial score (nSPS) is 9.00. The first-order valence-corrected chi connectivity index (χ1v) is 5.13. The number of nitrogen functional groups attached to an aromatic ring is 1. The number of nitrogens with two attached hydrogens (primary N) is 2. The summed E-state index contributed by atoms with van der Waals surface area (Å²) in [5.74, 6) is 0. The molecule has 0 saturated heterocycles. The predicted octanol–water partition coefficient (Wildman–Crippen LogP) is 3.39. The van der Waals surface area contributed by atoms with E-state index in [1.54, 1.807) is 12.2 Å². The Bertz CT molecular complexity index is 294. The van der Waals surface area contributed by atoms with E-state index in [-0.39, 0.29) is 0 Å². The molecule has 0 heterocycles. The molecule has 1 rings (SSSR count). The Labute approximate surface area is 104 Å². The molecular formula is C13H20N2S. The van der Waals surface area contributed by atoms with Crippen LogP contribution >= 0.6 is 12.6 Å². The fourth-order valence-electron chi connectivity index (χ4n) is 0.592. The van der Waals surface area contributed by atoms with Gasteiger partial charge in [0.05, 0.1) is 0 Å². The Kier molecular flexibility index (Phi) is 12.0. The molecule has 0 spiro atoms. The first-order valence-electron chi connectivity index (χ1n) is 4.69. The highest BCUT2D eigenvalue weighted by Gasteiger charge is 1.81. The Balaban J connectivity index is 0. The molecule has 2 nitrogen and oxygen atoms in total. The molecule has 0 unspecified atom stereocenters. The molecule has 1 aromatic carbocycles. The summed E-state index contributed by atoms with van der Waals surface area (Å²) in [6.45, 7) is 11.3. The van der Waals surface area contributed by atoms with Crippen LogP contribution in [0.5, 0.6) is 0 Å². The summed E-state index contributed by atoms with van der Waals surface area (Å²) in [6, 6.07) is 7.36. The van der Waals surface area contributed by atoms with E-state index in [0.29, 0.717) is 0 Å². The van der Waals surface area contributed by atoms with E-state index in [4.69, 9.17) is 11.5 Å². The summed E-state index contributed by atoms with van der Waals surface area (Å²) in [7, 11) is 0. The van der Waals surface area contributed by atoms with Crippen LogP contribution in [-0.2, 0) is 0 Å². The number of allylic oxidation sites excluding steroid dienone is 2. The maximum Gasteiger partial charge on any atom is 0.0314 e. The quantitative estimate of drug-likeness (QED) is 0.303. The van der Waals surface area contributed by atoms with Crippen LogP contribution in [0.1, 0.15) is 6.92 Å². The number of hydrogen-bond acceptors (Lipinski definition) is 3. The molecule has 0 aromatic heterocycles. The van der Waals surface area contributed by atoms with E-state index < -0.39 is 0 Å². The van der Waals surface area contributed by atoms with Crippen molar-refractivity contribution in [2.45, 2.75) is 11.8 Å². The zero-order chi connectivity index (χ0) is 13.0. The third kappa shape index (κ3) is 10.5. The molecule has 0 aliphatic rings. The molecule has 0 aliphatic carbocycles. The zero-order valence-corrected chi connectivity index (χ0v) is 10.6. The van der Waals surface area contributed by atoms with Crippen molar-refractivity contribution in [3.8, 4) is 0 Å². The third-order valence-corrected chi connectivity index (χ3v) is 1.76. The van der Waals surface area contributed by atoms with Crippen LogP contribution in [0.2, 0.25) is 0 Å². The number of hydrogen-bond donors (Lipinski definition) is 3. The second kappa shape index (κ2) is 11.5. The summed E-state index contributed by atoms with van der Waals surface area (Å²) in [4.78, 5) is 0.944. The van der Waals surface area contributed by atoms with Gasteiger partial charge in [-0.05, 0) is 37.3 Å². The fraction of sp³-hybridized carbons (Fsp3) is 0.0769. The van der Waals surface area contributed by atoms with E-state index in [2.05, 4.69) is 32.4 Å². The van der Waals surface area contributed by atoms with Crippen LogP contribution in [0, 0.1) is 0 Å². The molecule has 1 aromatic rings. The van der Waals surface area contributed by atoms with Gasteiger partial charge in [0.25, 0.3) is 0 Å². The second-order valence-corrected chi connectivity index (χ2v) is 3.10. The average Bonchev–Trinajstić information content (AvgIpc) is 2.35. The first-order chi connectivity index (χ1) is 7.60. The highest BCUT2D eigenvalue weighted by Crippen LogP contribution is 2.07. The Morgan fingerprint density at radius 2 is 1.69 bits per heavy atom. The van der Waals surface area contributed by atoms with Gasteiger partial charge in [0.1, 0.15) is 0 Å².